The molecule has 1 saturated heterocycles. The number of hydrogen-bond donors (Lipinski definition) is 0. The van der Waals surface area contributed by atoms with Crippen LogP contribution in [0.2, 0.25) is 0 Å². The van der Waals surface area contributed by atoms with Gasteiger partial charge < -0.3 is 14.2 Å². The Morgan fingerprint density at radius 2 is 2.43 bits per heavy atom. The predicted octanol–water partition coefficient (Wildman–Crippen LogP) is 1.53. The lowest BCUT2D eigenvalue weighted by Crippen LogP contribution is -2.30. The summed E-state index contributed by atoms with van der Waals surface area (Å²) >= 11 is 0. The summed E-state index contributed by atoms with van der Waals surface area (Å²) in [6, 6.07) is 1.71. The summed E-state index contributed by atoms with van der Waals surface area (Å²) in [5.41, 5.74) is 1.39. The van der Waals surface area contributed by atoms with Crippen LogP contribution in [0.25, 0.3) is 0 Å². The van der Waals surface area contributed by atoms with E-state index in [0.29, 0.717) is 18.1 Å². The number of carbonyl (C=O) groups is 1. The van der Waals surface area contributed by atoms with E-state index < -0.39 is 0 Å². The van der Waals surface area contributed by atoms with Crippen molar-refractivity contribution in [2.45, 2.75) is 25.5 Å². The molecule has 112 valence electrons. The number of rotatable bonds is 4. The molecule has 0 bridgehead atoms. The smallest absolute Gasteiger partial charge is 0.276 e. The van der Waals surface area contributed by atoms with Crippen molar-refractivity contribution in [2.75, 3.05) is 13.7 Å². The molecule has 7 nitrogen and oxygen atoms in total. The van der Waals surface area contributed by atoms with Gasteiger partial charge in [0, 0.05) is 38.5 Å². The minimum atomic E-state index is -0.104. The van der Waals surface area contributed by atoms with Crippen molar-refractivity contribution < 1.29 is 14.1 Å². The lowest BCUT2D eigenvalue weighted by atomic mass is 10.1. The third kappa shape index (κ3) is 2.69. The second kappa shape index (κ2) is 5.69. The Morgan fingerprint density at radius 3 is 3.14 bits per heavy atom. The van der Waals surface area contributed by atoms with Gasteiger partial charge in [-0.25, -0.2) is 0 Å². The minimum absolute atomic E-state index is 0.0637. The monoisotopic (exact) mass is 290 g/mol. The van der Waals surface area contributed by atoms with Crippen LogP contribution >= 0.6 is 0 Å². The first-order valence-corrected chi connectivity index (χ1v) is 6.93. The topological polar surface area (TPSA) is 73.4 Å². The number of methoxy groups -OCH3 is 1. The standard InChI is InChI=1S/C14H18N4O3/c1-17-8-10(7-15-17)13-4-3-5-18(13)14(19)12-6-11(9-20-2)21-16-12/h6-8,13H,3-5,9H2,1-2H3. The van der Waals surface area contributed by atoms with E-state index in [1.807, 2.05) is 24.3 Å². The number of hydrogen-bond acceptors (Lipinski definition) is 5. The second-order valence-corrected chi connectivity index (χ2v) is 5.22. The first-order valence-electron chi connectivity index (χ1n) is 6.93. The molecule has 0 aromatic carbocycles. The van der Waals surface area contributed by atoms with Crippen LogP contribution in [0.4, 0.5) is 0 Å². The number of nitrogens with zero attached hydrogens (tertiary/aromatic N) is 4. The van der Waals surface area contributed by atoms with Crippen LogP contribution in [-0.4, -0.2) is 39.4 Å². The maximum atomic E-state index is 12.6. The van der Waals surface area contributed by atoms with Crippen molar-refractivity contribution in [2.24, 2.45) is 7.05 Å². The maximum absolute atomic E-state index is 12.6. The number of likely N-dealkylation sites (tertiary alicyclic amines) is 1. The molecule has 21 heavy (non-hydrogen) atoms. The van der Waals surface area contributed by atoms with E-state index in [-0.39, 0.29) is 11.9 Å². The molecule has 0 N–H and O–H groups in total. The summed E-state index contributed by atoms with van der Waals surface area (Å²) < 4.78 is 11.8. The highest BCUT2D eigenvalue weighted by Gasteiger charge is 2.32. The fourth-order valence-electron chi connectivity index (χ4n) is 2.74. The zero-order valence-electron chi connectivity index (χ0n) is 12.2. The summed E-state index contributed by atoms with van der Waals surface area (Å²) in [7, 11) is 3.45. The molecular weight excluding hydrogens is 272 g/mol. The van der Waals surface area contributed by atoms with E-state index in [4.69, 9.17) is 9.26 Å². The van der Waals surface area contributed by atoms with Gasteiger partial charge in [0.25, 0.3) is 5.91 Å². The summed E-state index contributed by atoms with van der Waals surface area (Å²) in [5, 5.41) is 8.03. The molecule has 1 unspecified atom stereocenters. The first-order chi connectivity index (χ1) is 10.2. The molecule has 0 spiro atoms. The van der Waals surface area contributed by atoms with Gasteiger partial charge in [0.2, 0.25) is 0 Å². The van der Waals surface area contributed by atoms with E-state index >= 15 is 0 Å². The van der Waals surface area contributed by atoms with Gasteiger partial charge in [-0.1, -0.05) is 5.16 Å². The number of carbonyl (C=O) groups excluding carboxylic acids is 1. The predicted molar refractivity (Wildman–Crippen MR) is 73.4 cm³/mol. The van der Waals surface area contributed by atoms with Gasteiger partial charge >= 0.3 is 0 Å². The normalized spacial score (nSPS) is 18.4. The average Bonchev–Trinajstić information content (AvgIpc) is 3.17. The summed E-state index contributed by atoms with van der Waals surface area (Å²) in [4.78, 5) is 14.4. The zero-order chi connectivity index (χ0) is 14.8. The number of amides is 1. The SMILES string of the molecule is COCc1cc(C(=O)N2CCCC2c2cnn(C)c2)no1. The molecule has 0 aliphatic carbocycles. The van der Waals surface area contributed by atoms with E-state index in [9.17, 15) is 4.79 Å². The van der Waals surface area contributed by atoms with Crippen LogP contribution in [0, 0.1) is 0 Å². The van der Waals surface area contributed by atoms with Crippen molar-refractivity contribution in [3.63, 3.8) is 0 Å². The van der Waals surface area contributed by atoms with Gasteiger partial charge in [0.1, 0.15) is 6.61 Å². The van der Waals surface area contributed by atoms with Crippen molar-refractivity contribution >= 4 is 5.91 Å². The third-order valence-corrected chi connectivity index (χ3v) is 3.69. The van der Waals surface area contributed by atoms with Crippen LogP contribution in [0.3, 0.4) is 0 Å². The molecule has 2 aromatic heterocycles. The zero-order valence-corrected chi connectivity index (χ0v) is 12.2. The Balaban J connectivity index is 1.79. The molecule has 7 heteroatoms. The van der Waals surface area contributed by atoms with Crippen LogP contribution in [-0.2, 0) is 18.4 Å². The summed E-state index contributed by atoms with van der Waals surface area (Å²) in [6.07, 6.45) is 5.69. The molecule has 1 fully saturated rings. The fraction of sp³-hybridized carbons (Fsp3) is 0.500. The lowest BCUT2D eigenvalue weighted by Gasteiger charge is -2.22. The Hall–Kier alpha value is -2.15. The molecule has 2 aromatic rings. The van der Waals surface area contributed by atoms with Gasteiger partial charge in [-0.3, -0.25) is 9.48 Å². The summed E-state index contributed by atoms with van der Waals surface area (Å²) in [5.74, 6) is 0.449. The lowest BCUT2D eigenvalue weighted by molar-refractivity contribution is 0.0724. The number of aryl methyl sites for hydroxylation is 1. The van der Waals surface area contributed by atoms with Gasteiger partial charge in [0.05, 0.1) is 12.2 Å². The van der Waals surface area contributed by atoms with E-state index in [2.05, 4.69) is 10.3 Å². The Bertz CT molecular complexity index is 634. The Kier molecular flexibility index (Phi) is 3.74. The fourth-order valence-corrected chi connectivity index (χ4v) is 2.74. The molecule has 3 rings (SSSR count). The Labute approximate surface area is 122 Å². The van der Waals surface area contributed by atoms with Crippen molar-refractivity contribution in [3.05, 3.63) is 35.5 Å². The highest BCUT2D eigenvalue weighted by atomic mass is 16.5. The minimum Gasteiger partial charge on any atom is -0.377 e. The van der Waals surface area contributed by atoms with Gasteiger partial charge in [-0.05, 0) is 12.8 Å². The van der Waals surface area contributed by atoms with Crippen molar-refractivity contribution in [1.29, 1.82) is 0 Å². The van der Waals surface area contributed by atoms with Crippen LogP contribution in [0.1, 0.15) is 40.7 Å². The highest BCUT2D eigenvalue weighted by molar-refractivity contribution is 5.92. The van der Waals surface area contributed by atoms with E-state index in [0.717, 1.165) is 24.9 Å². The van der Waals surface area contributed by atoms with Gasteiger partial charge in [-0.2, -0.15) is 5.10 Å². The largest absolute Gasteiger partial charge is 0.377 e. The van der Waals surface area contributed by atoms with Crippen molar-refractivity contribution in [1.82, 2.24) is 19.8 Å². The summed E-state index contributed by atoms with van der Waals surface area (Å²) in [6.45, 7) is 1.04. The van der Waals surface area contributed by atoms with Crippen LogP contribution < -0.4 is 0 Å². The molecule has 1 atom stereocenters. The third-order valence-electron chi connectivity index (χ3n) is 3.69. The Morgan fingerprint density at radius 1 is 1.57 bits per heavy atom. The van der Waals surface area contributed by atoms with E-state index in [1.54, 1.807) is 17.9 Å². The highest BCUT2D eigenvalue weighted by Crippen LogP contribution is 2.32. The molecule has 1 aliphatic heterocycles. The van der Waals surface area contributed by atoms with E-state index in [1.165, 1.54) is 0 Å². The number of aromatic nitrogens is 3. The van der Waals surface area contributed by atoms with Crippen molar-refractivity contribution in [3.8, 4) is 0 Å². The molecule has 1 aliphatic rings. The maximum Gasteiger partial charge on any atom is 0.276 e. The molecule has 0 saturated carbocycles. The average molecular weight is 290 g/mol. The quantitative estimate of drug-likeness (QED) is 0.853. The van der Waals surface area contributed by atoms with Gasteiger partial charge in [-0.15, -0.1) is 0 Å². The van der Waals surface area contributed by atoms with Gasteiger partial charge in [0.15, 0.2) is 11.5 Å². The van der Waals surface area contributed by atoms with Crippen LogP contribution in [0.15, 0.2) is 23.0 Å². The number of ether oxygens (including phenoxy) is 1. The second-order valence-electron chi connectivity index (χ2n) is 5.22. The first kappa shape index (κ1) is 13.8. The molecule has 0 radical (unpaired) electrons. The van der Waals surface area contributed by atoms with Crippen LogP contribution in [0.5, 0.6) is 0 Å². The molecule has 3 heterocycles. The molecular formula is C14H18N4O3. The molecule has 1 amide bonds.